The second-order valence-corrected chi connectivity index (χ2v) is 2.42. The van der Waals surface area contributed by atoms with Crippen molar-refractivity contribution in [3.63, 3.8) is 0 Å². The van der Waals surface area contributed by atoms with Gasteiger partial charge in [-0.1, -0.05) is 6.08 Å². The lowest BCUT2D eigenvalue weighted by molar-refractivity contribution is -0.0466. The lowest BCUT2D eigenvalue weighted by Crippen LogP contribution is -2.18. The maximum Gasteiger partial charge on any atom is 0.497 e. The minimum Gasteiger partial charge on any atom is -0.280 e. The average molecular weight is 174 g/mol. The predicted molar refractivity (Wildman–Crippen MR) is 30.3 cm³/mol. The highest BCUT2D eigenvalue weighted by molar-refractivity contribution is 7.81. The van der Waals surface area contributed by atoms with Gasteiger partial charge < -0.3 is 0 Å². The number of alkyl halides is 3. The number of hydrogen-bond acceptors (Lipinski definition) is 2. The maximum absolute atomic E-state index is 11.3. The number of hydrogen-bond donors (Lipinski definition) is 0. The summed E-state index contributed by atoms with van der Waals surface area (Å²) in [7, 11) is 0. The molecule has 1 atom stereocenters. The Balaban J connectivity index is 3.74. The summed E-state index contributed by atoms with van der Waals surface area (Å²) >= 11 is -3.21. The number of halogens is 3. The number of rotatable bonds is 3. The summed E-state index contributed by atoms with van der Waals surface area (Å²) in [6.07, 6.45) is 1.09. The van der Waals surface area contributed by atoms with Crippen molar-refractivity contribution in [1.82, 2.24) is 0 Å². The van der Waals surface area contributed by atoms with E-state index in [1.54, 1.807) is 0 Å². The molecule has 2 nitrogen and oxygen atoms in total. The Kier molecular flexibility index (Phi) is 3.59. The molecule has 1 unspecified atom stereocenters. The summed E-state index contributed by atoms with van der Waals surface area (Å²) in [4.78, 5) is 0. The first-order valence-electron chi connectivity index (χ1n) is 2.21. The van der Waals surface area contributed by atoms with Crippen LogP contribution in [-0.2, 0) is 15.3 Å². The molecule has 0 saturated carbocycles. The molecule has 0 aliphatic carbocycles. The smallest absolute Gasteiger partial charge is 0.280 e. The first-order chi connectivity index (χ1) is 4.48. The molecule has 0 N–H and O–H groups in total. The van der Waals surface area contributed by atoms with E-state index in [4.69, 9.17) is 0 Å². The van der Waals surface area contributed by atoms with E-state index in [9.17, 15) is 17.4 Å². The van der Waals surface area contributed by atoms with Crippen LogP contribution in [0.5, 0.6) is 0 Å². The molecule has 0 aliphatic heterocycles. The van der Waals surface area contributed by atoms with Crippen LogP contribution in [0.2, 0.25) is 0 Å². The molecular weight excluding hydrogens is 169 g/mol. The van der Waals surface area contributed by atoms with E-state index in [0.29, 0.717) is 0 Å². The highest BCUT2D eigenvalue weighted by atomic mass is 32.2. The van der Waals surface area contributed by atoms with Gasteiger partial charge in [-0.15, -0.1) is 6.58 Å². The lowest BCUT2D eigenvalue weighted by atomic mass is 10.7. The van der Waals surface area contributed by atoms with Crippen molar-refractivity contribution in [2.75, 3.05) is 6.61 Å². The van der Waals surface area contributed by atoms with E-state index in [0.717, 1.165) is 6.08 Å². The van der Waals surface area contributed by atoms with Gasteiger partial charge in [0.1, 0.15) is 0 Å². The molecule has 0 saturated heterocycles. The molecule has 0 heterocycles. The summed E-state index contributed by atoms with van der Waals surface area (Å²) in [5.74, 6) is 0. The molecule has 0 bridgehead atoms. The molecule has 6 heteroatoms. The zero-order chi connectivity index (χ0) is 8.20. The fourth-order valence-electron chi connectivity index (χ4n) is 0.177. The van der Waals surface area contributed by atoms with E-state index in [1.165, 1.54) is 0 Å². The van der Waals surface area contributed by atoms with Crippen LogP contribution in [0.15, 0.2) is 12.7 Å². The standard InChI is InChI=1S/C4H5F3O2S/c1-2-3-9-10(8)4(5,6)7/h2H,1,3H2. The monoisotopic (exact) mass is 174 g/mol. The largest absolute Gasteiger partial charge is 0.497 e. The Morgan fingerprint density at radius 3 is 2.40 bits per heavy atom. The third-order valence-corrected chi connectivity index (χ3v) is 1.21. The molecule has 0 spiro atoms. The SMILES string of the molecule is C=CCOS(=O)C(F)(F)F. The fraction of sp³-hybridized carbons (Fsp3) is 0.500. The topological polar surface area (TPSA) is 26.3 Å². The lowest BCUT2D eigenvalue weighted by Gasteiger charge is -2.02. The van der Waals surface area contributed by atoms with Crippen LogP contribution >= 0.6 is 0 Å². The third-order valence-electron chi connectivity index (χ3n) is 0.482. The highest BCUT2D eigenvalue weighted by Crippen LogP contribution is 2.20. The van der Waals surface area contributed by atoms with Crippen molar-refractivity contribution < 1.29 is 21.6 Å². The van der Waals surface area contributed by atoms with Gasteiger partial charge in [0.2, 0.25) is 0 Å². The molecule has 0 aromatic carbocycles. The van der Waals surface area contributed by atoms with Crippen molar-refractivity contribution in [1.29, 1.82) is 0 Å². The Morgan fingerprint density at radius 1 is 1.60 bits per heavy atom. The Bertz CT molecular complexity index is 142. The van der Waals surface area contributed by atoms with Crippen LogP contribution < -0.4 is 0 Å². The van der Waals surface area contributed by atoms with Crippen LogP contribution in [-0.4, -0.2) is 16.3 Å². The van der Waals surface area contributed by atoms with Gasteiger partial charge in [0.25, 0.3) is 11.1 Å². The molecule has 0 radical (unpaired) electrons. The van der Waals surface area contributed by atoms with Gasteiger partial charge in [-0.25, -0.2) is 4.21 Å². The minimum atomic E-state index is -4.79. The van der Waals surface area contributed by atoms with Gasteiger partial charge in [0, 0.05) is 0 Å². The zero-order valence-electron chi connectivity index (χ0n) is 4.85. The summed E-state index contributed by atoms with van der Waals surface area (Å²) in [6, 6.07) is 0. The molecule has 10 heavy (non-hydrogen) atoms. The molecule has 0 aromatic heterocycles. The predicted octanol–water partition coefficient (Wildman–Crippen LogP) is 1.37. The summed E-state index contributed by atoms with van der Waals surface area (Å²) < 4.78 is 47.7. The first-order valence-corrected chi connectivity index (χ1v) is 3.28. The summed E-state index contributed by atoms with van der Waals surface area (Å²) in [5, 5.41) is 0. The van der Waals surface area contributed by atoms with Crippen molar-refractivity contribution in [2.24, 2.45) is 0 Å². The van der Waals surface area contributed by atoms with E-state index in [2.05, 4.69) is 10.8 Å². The van der Waals surface area contributed by atoms with Crippen LogP contribution in [0.3, 0.4) is 0 Å². The molecular formula is C4H5F3O2S. The molecule has 0 aliphatic rings. The summed E-state index contributed by atoms with van der Waals surface area (Å²) in [5.41, 5.74) is -4.79. The van der Waals surface area contributed by atoms with Crippen LogP contribution in [0.1, 0.15) is 0 Å². The van der Waals surface area contributed by atoms with E-state index in [1.807, 2.05) is 0 Å². The van der Waals surface area contributed by atoms with Crippen LogP contribution in [0, 0.1) is 0 Å². The quantitative estimate of drug-likeness (QED) is 0.604. The molecule has 60 valence electrons. The Morgan fingerprint density at radius 2 is 2.10 bits per heavy atom. The maximum atomic E-state index is 11.3. The van der Waals surface area contributed by atoms with E-state index < -0.39 is 16.6 Å². The van der Waals surface area contributed by atoms with Gasteiger partial charge in [0.05, 0.1) is 6.61 Å². The fourth-order valence-corrected chi connectivity index (χ4v) is 0.530. The van der Waals surface area contributed by atoms with Gasteiger partial charge in [-0.3, -0.25) is 4.18 Å². The van der Waals surface area contributed by atoms with Gasteiger partial charge in [-0.2, -0.15) is 13.2 Å². The molecule has 0 fully saturated rings. The Labute approximate surface area is 58.3 Å². The second kappa shape index (κ2) is 3.72. The third kappa shape index (κ3) is 3.62. The molecule has 0 amide bonds. The van der Waals surface area contributed by atoms with Crippen LogP contribution in [0.4, 0.5) is 13.2 Å². The molecule has 0 rings (SSSR count). The Hall–Kier alpha value is -0.360. The average Bonchev–Trinajstić information content (AvgIpc) is 1.80. The van der Waals surface area contributed by atoms with Crippen LogP contribution in [0.25, 0.3) is 0 Å². The first kappa shape index (κ1) is 9.64. The van der Waals surface area contributed by atoms with Gasteiger partial charge in [-0.05, 0) is 0 Å². The van der Waals surface area contributed by atoms with Crippen molar-refractivity contribution in [3.8, 4) is 0 Å². The van der Waals surface area contributed by atoms with Gasteiger partial charge >= 0.3 is 5.51 Å². The van der Waals surface area contributed by atoms with E-state index in [-0.39, 0.29) is 6.61 Å². The zero-order valence-corrected chi connectivity index (χ0v) is 5.67. The van der Waals surface area contributed by atoms with Gasteiger partial charge in [0.15, 0.2) is 0 Å². The molecule has 0 aromatic rings. The summed E-state index contributed by atoms with van der Waals surface area (Å²) in [6.45, 7) is 2.72. The minimum absolute atomic E-state index is 0.369. The van der Waals surface area contributed by atoms with Crippen molar-refractivity contribution in [3.05, 3.63) is 12.7 Å². The highest BCUT2D eigenvalue weighted by Gasteiger charge is 2.38. The second-order valence-electron chi connectivity index (χ2n) is 1.25. The van der Waals surface area contributed by atoms with Crippen molar-refractivity contribution >= 4 is 11.1 Å². The van der Waals surface area contributed by atoms with Crippen molar-refractivity contribution in [2.45, 2.75) is 5.51 Å². The van der Waals surface area contributed by atoms with E-state index >= 15 is 0 Å². The normalized spacial score (nSPS) is 14.7.